The summed E-state index contributed by atoms with van der Waals surface area (Å²) in [5, 5.41) is 0. The van der Waals surface area contributed by atoms with Gasteiger partial charge < -0.3 is 14.2 Å². The van der Waals surface area contributed by atoms with E-state index in [9.17, 15) is 14.4 Å². The first-order chi connectivity index (χ1) is 14.5. The van der Waals surface area contributed by atoms with Crippen LogP contribution in [0.15, 0.2) is 46.9 Å². The van der Waals surface area contributed by atoms with Crippen molar-refractivity contribution in [2.45, 2.75) is 19.3 Å². The van der Waals surface area contributed by atoms with Crippen LogP contribution in [0.1, 0.15) is 40.0 Å². The third kappa shape index (κ3) is 5.38. The van der Waals surface area contributed by atoms with Crippen molar-refractivity contribution in [2.75, 3.05) is 26.9 Å². The number of benzene rings is 2. The van der Waals surface area contributed by atoms with Crippen molar-refractivity contribution >= 4 is 33.7 Å². The van der Waals surface area contributed by atoms with E-state index < -0.39 is 0 Å². The van der Waals surface area contributed by atoms with E-state index in [2.05, 4.69) is 15.9 Å². The number of methoxy groups -OCH3 is 1. The van der Waals surface area contributed by atoms with Crippen molar-refractivity contribution in [3.63, 3.8) is 0 Å². The van der Waals surface area contributed by atoms with Gasteiger partial charge in [-0.3, -0.25) is 19.3 Å². The third-order valence-corrected chi connectivity index (χ3v) is 5.07. The Kier molecular flexibility index (Phi) is 7.46. The van der Waals surface area contributed by atoms with Gasteiger partial charge in [-0.15, -0.1) is 0 Å². The zero-order valence-electron chi connectivity index (χ0n) is 16.6. The number of esters is 1. The molecule has 0 saturated carbocycles. The fourth-order valence-electron chi connectivity index (χ4n) is 3.03. The molecule has 2 aromatic rings. The van der Waals surface area contributed by atoms with E-state index in [1.54, 1.807) is 49.6 Å². The average molecular weight is 476 g/mol. The van der Waals surface area contributed by atoms with Gasteiger partial charge in [-0.05, 0) is 55.3 Å². The van der Waals surface area contributed by atoms with Gasteiger partial charge in [0.2, 0.25) is 0 Å². The number of hydrogen-bond donors (Lipinski definition) is 0. The Labute approximate surface area is 183 Å². The minimum Gasteiger partial charge on any atom is -0.497 e. The van der Waals surface area contributed by atoms with Crippen molar-refractivity contribution in [1.29, 1.82) is 0 Å². The molecule has 1 aliphatic rings. The van der Waals surface area contributed by atoms with Crippen LogP contribution in [0.3, 0.4) is 0 Å². The molecule has 2 amide bonds. The topological polar surface area (TPSA) is 82.1 Å². The van der Waals surface area contributed by atoms with Crippen molar-refractivity contribution in [1.82, 2.24) is 4.90 Å². The first kappa shape index (κ1) is 21.8. The SMILES string of the molecule is COc1ccc(OCCCC(=O)OCCCN2C(=O)c3ccc(Br)cc3C2=O)cc1. The van der Waals surface area contributed by atoms with E-state index in [0.717, 1.165) is 10.2 Å². The molecule has 0 bridgehead atoms. The Hall–Kier alpha value is -2.87. The summed E-state index contributed by atoms with van der Waals surface area (Å²) in [6.07, 6.45) is 1.15. The maximum absolute atomic E-state index is 12.4. The molecule has 7 nitrogen and oxygen atoms in total. The Bertz CT molecular complexity index is 928. The summed E-state index contributed by atoms with van der Waals surface area (Å²) in [4.78, 5) is 37.7. The van der Waals surface area contributed by atoms with Crippen LogP contribution in [0.25, 0.3) is 0 Å². The van der Waals surface area contributed by atoms with Crippen LogP contribution < -0.4 is 9.47 Å². The predicted octanol–water partition coefficient (Wildman–Crippen LogP) is 3.85. The van der Waals surface area contributed by atoms with Crippen LogP contribution in [-0.4, -0.2) is 49.6 Å². The Balaban J connectivity index is 1.31. The lowest BCUT2D eigenvalue weighted by Gasteiger charge is -2.13. The monoisotopic (exact) mass is 475 g/mol. The molecular weight excluding hydrogens is 454 g/mol. The molecule has 30 heavy (non-hydrogen) atoms. The van der Waals surface area contributed by atoms with Gasteiger partial charge in [-0.1, -0.05) is 15.9 Å². The van der Waals surface area contributed by atoms with Gasteiger partial charge in [0.25, 0.3) is 11.8 Å². The number of imide groups is 1. The van der Waals surface area contributed by atoms with Gasteiger partial charge in [0, 0.05) is 17.4 Å². The number of amides is 2. The Morgan fingerprint density at radius 3 is 2.37 bits per heavy atom. The molecule has 3 rings (SSSR count). The zero-order chi connectivity index (χ0) is 21.5. The van der Waals surface area contributed by atoms with E-state index in [1.165, 1.54) is 4.90 Å². The molecule has 0 radical (unpaired) electrons. The number of halogens is 1. The minimum atomic E-state index is -0.334. The second kappa shape index (κ2) is 10.2. The first-order valence-electron chi connectivity index (χ1n) is 9.58. The zero-order valence-corrected chi connectivity index (χ0v) is 18.1. The quantitative estimate of drug-likeness (QED) is 0.295. The molecule has 0 fully saturated rings. The van der Waals surface area contributed by atoms with Crippen LogP contribution in [0.4, 0.5) is 0 Å². The summed E-state index contributed by atoms with van der Waals surface area (Å²) < 4.78 is 16.6. The van der Waals surface area contributed by atoms with Crippen LogP contribution >= 0.6 is 15.9 Å². The number of nitrogens with zero attached hydrogens (tertiary/aromatic N) is 1. The Morgan fingerprint density at radius 2 is 1.63 bits per heavy atom. The summed E-state index contributed by atoms with van der Waals surface area (Å²) in [7, 11) is 1.60. The van der Waals surface area contributed by atoms with Gasteiger partial charge in [-0.2, -0.15) is 0 Å². The first-order valence-corrected chi connectivity index (χ1v) is 10.4. The van der Waals surface area contributed by atoms with Crippen molar-refractivity contribution in [3.8, 4) is 11.5 Å². The standard InChI is InChI=1S/C22H22BrNO6/c1-28-16-6-8-17(9-7-16)29-12-2-4-20(25)30-13-3-11-24-21(26)18-10-5-15(23)14-19(18)22(24)27/h5-10,14H,2-4,11-13H2,1H3. The lowest BCUT2D eigenvalue weighted by atomic mass is 10.1. The molecule has 8 heteroatoms. The fraction of sp³-hybridized carbons (Fsp3) is 0.318. The van der Waals surface area contributed by atoms with E-state index in [1.807, 2.05) is 0 Å². The fourth-order valence-corrected chi connectivity index (χ4v) is 3.39. The van der Waals surface area contributed by atoms with Crippen LogP contribution in [-0.2, 0) is 9.53 Å². The molecule has 0 spiro atoms. The van der Waals surface area contributed by atoms with Crippen LogP contribution in [0.5, 0.6) is 11.5 Å². The van der Waals surface area contributed by atoms with Crippen molar-refractivity contribution in [2.24, 2.45) is 0 Å². The van der Waals surface area contributed by atoms with Gasteiger partial charge >= 0.3 is 5.97 Å². The van der Waals surface area contributed by atoms with Gasteiger partial charge in [-0.25, -0.2) is 0 Å². The van der Waals surface area contributed by atoms with Gasteiger partial charge in [0.05, 0.1) is 31.5 Å². The number of hydrogen-bond acceptors (Lipinski definition) is 6. The normalized spacial score (nSPS) is 12.7. The maximum atomic E-state index is 12.4. The van der Waals surface area contributed by atoms with Crippen molar-refractivity contribution in [3.05, 3.63) is 58.1 Å². The van der Waals surface area contributed by atoms with Crippen LogP contribution in [0, 0.1) is 0 Å². The predicted molar refractivity (Wildman–Crippen MR) is 113 cm³/mol. The number of fused-ring (bicyclic) bond motifs is 1. The van der Waals surface area contributed by atoms with Gasteiger partial charge in [0.15, 0.2) is 0 Å². The molecule has 0 aromatic heterocycles. The van der Waals surface area contributed by atoms with E-state index in [0.29, 0.717) is 36.3 Å². The molecule has 0 atom stereocenters. The maximum Gasteiger partial charge on any atom is 0.305 e. The highest BCUT2D eigenvalue weighted by Crippen LogP contribution is 2.26. The van der Waals surface area contributed by atoms with E-state index >= 15 is 0 Å². The number of carbonyl (C=O) groups excluding carboxylic acids is 3. The summed E-state index contributed by atoms with van der Waals surface area (Å²) >= 11 is 3.30. The molecule has 2 aromatic carbocycles. The highest BCUT2D eigenvalue weighted by Gasteiger charge is 2.35. The molecular formula is C22H22BrNO6. The molecule has 158 valence electrons. The summed E-state index contributed by atoms with van der Waals surface area (Å²) in [5.41, 5.74) is 0.792. The van der Waals surface area contributed by atoms with Gasteiger partial charge in [0.1, 0.15) is 11.5 Å². The van der Waals surface area contributed by atoms with Crippen LogP contribution in [0.2, 0.25) is 0 Å². The highest BCUT2D eigenvalue weighted by atomic mass is 79.9. The number of carbonyl (C=O) groups is 3. The summed E-state index contributed by atoms with van der Waals surface area (Å²) in [6, 6.07) is 12.2. The molecule has 0 aliphatic carbocycles. The third-order valence-electron chi connectivity index (χ3n) is 4.58. The lowest BCUT2D eigenvalue weighted by Crippen LogP contribution is -2.31. The average Bonchev–Trinajstić information content (AvgIpc) is 2.98. The number of rotatable bonds is 10. The molecule has 1 aliphatic heterocycles. The molecule has 0 unspecified atom stereocenters. The summed E-state index contributed by atoms with van der Waals surface area (Å²) in [5.74, 6) is 0.486. The summed E-state index contributed by atoms with van der Waals surface area (Å²) in [6.45, 7) is 0.749. The smallest absolute Gasteiger partial charge is 0.305 e. The van der Waals surface area contributed by atoms with E-state index in [-0.39, 0.29) is 37.4 Å². The van der Waals surface area contributed by atoms with Crippen molar-refractivity contribution < 1.29 is 28.6 Å². The molecule has 0 saturated heterocycles. The molecule has 1 heterocycles. The lowest BCUT2D eigenvalue weighted by molar-refractivity contribution is -0.144. The number of ether oxygens (including phenoxy) is 3. The van der Waals surface area contributed by atoms with E-state index in [4.69, 9.17) is 14.2 Å². The second-order valence-corrected chi connectivity index (χ2v) is 7.57. The Morgan fingerprint density at radius 1 is 0.933 bits per heavy atom. The molecule has 0 N–H and O–H groups in total. The highest BCUT2D eigenvalue weighted by molar-refractivity contribution is 9.10. The largest absolute Gasteiger partial charge is 0.497 e. The minimum absolute atomic E-state index is 0.148. The second-order valence-electron chi connectivity index (χ2n) is 6.65.